The van der Waals surface area contributed by atoms with Crippen LogP contribution < -0.4 is 15.6 Å². The highest BCUT2D eigenvalue weighted by Crippen LogP contribution is 2.25. The van der Waals surface area contributed by atoms with E-state index in [4.69, 9.17) is 9.47 Å². The summed E-state index contributed by atoms with van der Waals surface area (Å²) < 4.78 is 39.1. The largest absolute Gasteiger partial charge is 0.448 e. The third-order valence-electron chi connectivity index (χ3n) is 4.79. The van der Waals surface area contributed by atoms with Crippen molar-refractivity contribution in [3.8, 4) is 11.5 Å². The molecule has 2 aromatic heterocycles. The molecule has 0 aliphatic carbocycles. The van der Waals surface area contributed by atoms with E-state index in [1.807, 2.05) is 0 Å². The van der Waals surface area contributed by atoms with Gasteiger partial charge in [0.2, 0.25) is 5.95 Å². The molecule has 0 radical (unpaired) electrons. The molecule has 0 atom stereocenters. The summed E-state index contributed by atoms with van der Waals surface area (Å²) in [6.45, 7) is 0.963. The van der Waals surface area contributed by atoms with Gasteiger partial charge in [-0.1, -0.05) is 0 Å². The molecular formula is C20H20F2N4O4. The second-order valence-electron chi connectivity index (χ2n) is 6.87. The molecule has 0 amide bonds. The van der Waals surface area contributed by atoms with Crippen molar-refractivity contribution >= 4 is 17.0 Å². The molecule has 10 heteroatoms. The molecule has 1 saturated heterocycles. The van der Waals surface area contributed by atoms with Crippen LogP contribution in [-0.4, -0.2) is 45.5 Å². The zero-order valence-corrected chi connectivity index (χ0v) is 16.0. The normalized spacial score (nSPS) is 14.8. The van der Waals surface area contributed by atoms with Crippen LogP contribution >= 0.6 is 0 Å². The third-order valence-corrected chi connectivity index (χ3v) is 4.79. The number of rotatable bonds is 6. The smallest absolute Gasteiger partial charge is 0.295 e. The minimum absolute atomic E-state index is 0.0356. The first-order valence-corrected chi connectivity index (χ1v) is 9.54. The molecule has 30 heavy (non-hydrogen) atoms. The number of aliphatic hydroxyl groups excluding tert-OH is 1. The maximum atomic E-state index is 14.0. The zero-order valence-electron chi connectivity index (χ0n) is 16.0. The fourth-order valence-corrected chi connectivity index (χ4v) is 3.28. The van der Waals surface area contributed by atoms with E-state index in [1.165, 1.54) is 16.8 Å². The van der Waals surface area contributed by atoms with E-state index in [0.717, 1.165) is 25.0 Å². The summed E-state index contributed by atoms with van der Waals surface area (Å²) in [7, 11) is 0. The molecule has 4 rings (SSSR count). The minimum Gasteiger partial charge on any atom is -0.448 e. The van der Waals surface area contributed by atoms with Gasteiger partial charge in [-0.3, -0.25) is 9.36 Å². The Morgan fingerprint density at radius 3 is 2.77 bits per heavy atom. The van der Waals surface area contributed by atoms with E-state index in [9.17, 15) is 18.7 Å². The van der Waals surface area contributed by atoms with Gasteiger partial charge < -0.3 is 19.9 Å². The predicted molar refractivity (Wildman–Crippen MR) is 105 cm³/mol. The fraction of sp³-hybridized carbons (Fsp3) is 0.350. The molecule has 1 aromatic carbocycles. The number of hydrogen-bond acceptors (Lipinski definition) is 7. The number of hydrogen-bond donors (Lipinski definition) is 2. The predicted octanol–water partition coefficient (Wildman–Crippen LogP) is 2.45. The first-order chi connectivity index (χ1) is 14.5. The van der Waals surface area contributed by atoms with Gasteiger partial charge in [0.1, 0.15) is 11.5 Å². The van der Waals surface area contributed by atoms with Gasteiger partial charge in [-0.2, -0.15) is 4.98 Å². The highest BCUT2D eigenvalue weighted by molar-refractivity contribution is 5.77. The van der Waals surface area contributed by atoms with Crippen molar-refractivity contribution in [3.05, 3.63) is 52.5 Å². The van der Waals surface area contributed by atoms with Crippen molar-refractivity contribution in [2.24, 2.45) is 0 Å². The Morgan fingerprint density at radius 1 is 1.23 bits per heavy atom. The molecular weight excluding hydrogens is 398 g/mol. The lowest BCUT2D eigenvalue weighted by Gasteiger charge is -2.23. The van der Waals surface area contributed by atoms with Crippen LogP contribution in [-0.2, 0) is 11.3 Å². The molecule has 2 N–H and O–H groups in total. The van der Waals surface area contributed by atoms with Crippen molar-refractivity contribution in [1.82, 2.24) is 14.5 Å². The number of nitrogens with one attached hydrogen (secondary N) is 1. The Kier molecular flexibility index (Phi) is 5.86. The molecule has 0 saturated carbocycles. The molecule has 8 nitrogen and oxygen atoms in total. The van der Waals surface area contributed by atoms with Gasteiger partial charge in [0.25, 0.3) is 5.56 Å². The summed E-state index contributed by atoms with van der Waals surface area (Å²) in [4.78, 5) is 21.6. The van der Waals surface area contributed by atoms with Crippen molar-refractivity contribution in [1.29, 1.82) is 0 Å². The van der Waals surface area contributed by atoms with Crippen molar-refractivity contribution in [3.63, 3.8) is 0 Å². The quantitative estimate of drug-likeness (QED) is 0.634. The van der Waals surface area contributed by atoms with Crippen molar-refractivity contribution in [2.75, 3.05) is 25.1 Å². The monoisotopic (exact) mass is 418 g/mol. The third kappa shape index (κ3) is 4.24. The highest BCUT2D eigenvalue weighted by atomic mass is 19.1. The Morgan fingerprint density at radius 2 is 2.03 bits per heavy atom. The molecule has 0 spiro atoms. The van der Waals surface area contributed by atoms with Crippen LogP contribution in [0.15, 0.2) is 35.3 Å². The van der Waals surface area contributed by atoms with Gasteiger partial charge in [0, 0.05) is 36.9 Å². The topological polar surface area (TPSA) is 98.5 Å². The molecule has 1 fully saturated rings. The van der Waals surface area contributed by atoms with Crippen LogP contribution in [0.4, 0.5) is 14.7 Å². The highest BCUT2D eigenvalue weighted by Gasteiger charge is 2.18. The van der Waals surface area contributed by atoms with E-state index in [0.29, 0.717) is 36.3 Å². The van der Waals surface area contributed by atoms with Crippen LogP contribution in [0.5, 0.6) is 11.5 Å². The van der Waals surface area contributed by atoms with E-state index in [2.05, 4.69) is 15.3 Å². The van der Waals surface area contributed by atoms with Crippen LogP contribution in [0.1, 0.15) is 12.8 Å². The number of fused-ring (bicyclic) bond motifs is 1. The Bertz CT molecular complexity index is 1120. The maximum absolute atomic E-state index is 14.0. The van der Waals surface area contributed by atoms with Crippen LogP contribution in [0.2, 0.25) is 0 Å². The van der Waals surface area contributed by atoms with Crippen LogP contribution in [0.3, 0.4) is 0 Å². The van der Waals surface area contributed by atoms with Crippen LogP contribution in [0.25, 0.3) is 11.0 Å². The number of nitrogens with zero attached hydrogens (tertiary/aromatic N) is 3. The summed E-state index contributed by atoms with van der Waals surface area (Å²) in [6.07, 6.45) is 3.16. The van der Waals surface area contributed by atoms with Gasteiger partial charge in [-0.05, 0) is 31.0 Å². The van der Waals surface area contributed by atoms with Crippen LogP contribution in [0, 0.1) is 11.6 Å². The van der Waals surface area contributed by atoms with E-state index in [1.54, 1.807) is 0 Å². The number of benzene rings is 1. The summed E-state index contributed by atoms with van der Waals surface area (Å²) >= 11 is 0. The first-order valence-electron chi connectivity index (χ1n) is 9.54. The lowest BCUT2D eigenvalue weighted by Crippen LogP contribution is -2.29. The Labute approximate surface area is 170 Å². The number of aromatic nitrogens is 3. The summed E-state index contributed by atoms with van der Waals surface area (Å²) in [5.74, 6) is -1.81. The fourth-order valence-electron chi connectivity index (χ4n) is 3.28. The molecule has 1 aliphatic heterocycles. The average Bonchev–Trinajstić information content (AvgIpc) is 2.74. The molecule has 0 unspecified atom stereocenters. The SMILES string of the molecule is O=c1c(Oc2ccc(F)cc2F)cc2cnc(NC3CCOCC3)nc2n1CCO. The van der Waals surface area contributed by atoms with Crippen molar-refractivity contribution in [2.45, 2.75) is 25.4 Å². The average molecular weight is 418 g/mol. The number of aliphatic hydroxyl groups is 1. The molecule has 0 bridgehead atoms. The zero-order chi connectivity index (χ0) is 21.1. The standard InChI is InChI=1S/C20H20F2N4O4/c21-13-1-2-16(15(22)10-13)30-17-9-12-11-23-20(24-14-3-7-29-8-4-14)25-18(12)26(5-6-27)19(17)28/h1-2,9-11,14,27H,3-8H2,(H,23,24,25). The lowest BCUT2D eigenvalue weighted by atomic mass is 10.1. The summed E-state index contributed by atoms with van der Waals surface area (Å²) in [6, 6.07) is 4.36. The number of ether oxygens (including phenoxy) is 2. The van der Waals surface area contributed by atoms with Gasteiger partial charge in [0.05, 0.1) is 13.2 Å². The minimum atomic E-state index is -0.935. The van der Waals surface area contributed by atoms with Crippen molar-refractivity contribution < 1.29 is 23.4 Å². The van der Waals surface area contributed by atoms with Gasteiger partial charge in [-0.15, -0.1) is 0 Å². The molecule has 158 valence electrons. The number of halogens is 2. The van der Waals surface area contributed by atoms with Gasteiger partial charge >= 0.3 is 0 Å². The maximum Gasteiger partial charge on any atom is 0.295 e. The first kappa shape index (κ1) is 20.2. The Balaban J connectivity index is 1.71. The summed E-state index contributed by atoms with van der Waals surface area (Å²) in [5.41, 5.74) is -0.290. The second kappa shape index (κ2) is 8.72. The molecule has 3 heterocycles. The number of pyridine rings is 1. The number of anilines is 1. The molecule has 1 aliphatic rings. The van der Waals surface area contributed by atoms with E-state index >= 15 is 0 Å². The van der Waals surface area contributed by atoms with E-state index < -0.39 is 17.2 Å². The summed E-state index contributed by atoms with van der Waals surface area (Å²) in [5, 5.41) is 13.1. The van der Waals surface area contributed by atoms with E-state index in [-0.39, 0.29) is 30.7 Å². The Hall–Kier alpha value is -3.11. The second-order valence-corrected chi connectivity index (χ2v) is 6.87. The van der Waals surface area contributed by atoms with Gasteiger partial charge in [-0.25, -0.2) is 13.8 Å². The lowest BCUT2D eigenvalue weighted by molar-refractivity contribution is 0.0903. The molecule has 3 aromatic rings. The van der Waals surface area contributed by atoms with Gasteiger partial charge in [0.15, 0.2) is 17.3 Å².